The van der Waals surface area contributed by atoms with Crippen LogP contribution in [0.25, 0.3) is 11.3 Å². The molecule has 0 amide bonds. The van der Waals surface area contributed by atoms with Crippen molar-refractivity contribution in [1.82, 2.24) is 4.98 Å². The van der Waals surface area contributed by atoms with Crippen molar-refractivity contribution in [1.29, 1.82) is 0 Å². The fourth-order valence-electron chi connectivity index (χ4n) is 1.01. The quantitative estimate of drug-likeness (QED) is 0.830. The molecule has 1 N–H and O–H groups in total. The maximum Gasteiger partial charge on any atom is 0.337 e. The van der Waals surface area contributed by atoms with E-state index in [2.05, 4.69) is 4.98 Å². The largest absolute Gasteiger partial charge is 0.478 e. The zero-order valence-corrected chi connectivity index (χ0v) is 8.06. The number of carboxylic acid groups (broad SMARTS) is 1. The highest BCUT2D eigenvalue weighted by molar-refractivity contribution is 7.09. The van der Waals surface area contributed by atoms with Crippen molar-refractivity contribution >= 4 is 28.6 Å². The van der Waals surface area contributed by atoms with E-state index in [0.29, 0.717) is 11.1 Å². The molecule has 0 spiro atoms. The summed E-state index contributed by atoms with van der Waals surface area (Å²) in [6.07, 6.45) is 0. The van der Waals surface area contributed by atoms with Crippen molar-refractivity contribution in [2.45, 2.75) is 0 Å². The van der Waals surface area contributed by atoms with Gasteiger partial charge in [-0.15, -0.1) is 11.3 Å². The highest BCUT2D eigenvalue weighted by atomic mass is 32.1. The average molecular weight is 211 g/mol. The van der Waals surface area contributed by atoms with E-state index in [0.717, 1.165) is 5.69 Å². The summed E-state index contributed by atoms with van der Waals surface area (Å²) in [6.45, 7) is 0. The van der Waals surface area contributed by atoms with Gasteiger partial charge in [-0.05, 0) is 0 Å². The summed E-state index contributed by atoms with van der Waals surface area (Å²) < 4.78 is 0. The molecule has 2 aromatic rings. The molecule has 2 aromatic heterocycles. The van der Waals surface area contributed by atoms with Crippen molar-refractivity contribution in [2.75, 3.05) is 0 Å². The van der Waals surface area contributed by atoms with Crippen molar-refractivity contribution in [3.8, 4) is 11.3 Å². The standard InChI is InChI=1S/C8H5NO2S2/c10-8(11)6-2-12-1-5(6)7-3-13-4-9-7/h1-4H,(H,10,11). The molecule has 0 saturated carbocycles. The molecule has 2 heterocycles. The van der Waals surface area contributed by atoms with Crippen LogP contribution >= 0.6 is 22.7 Å². The van der Waals surface area contributed by atoms with Gasteiger partial charge in [0.25, 0.3) is 0 Å². The molecule has 66 valence electrons. The third kappa shape index (κ3) is 1.48. The van der Waals surface area contributed by atoms with Gasteiger partial charge in [0.1, 0.15) is 0 Å². The van der Waals surface area contributed by atoms with Crippen molar-refractivity contribution < 1.29 is 9.90 Å². The van der Waals surface area contributed by atoms with E-state index in [1.54, 1.807) is 16.3 Å². The Kier molecular flexibility index (Phi) is 2.12. The molecular weight excluding hydrogens is 206 g/mol. The normalized spacial score (nSPS) is 10.2. The molecule has 0 unspecified atom stereocenters. The van der Waals surface area contributed by atoms with E-state index < -0.39 is 5.97 Å². The van der Waals surface area contributed by atoms with Crippen LogP contribution in [0.2, 0.25) is 0 Å². The summed E-state index contributed by atoms with van der Waals surface area (Å²) in [7, 11) is 0. The minimum atomic E-state index is -0.899. The Balaban J connectivity index is 2.52. The van der Waals surface area contributed by atoms with Gasteiger partial charge in [0.15, 0.2) is 0 Å². The predicted octanol–water partition coefficient (Wildman–Crippen LogP) is 2.57. The second-order valence-corrected chi connectivity index (χ2v) is 3.84. The molecule has 0 aromatic carbocycles. The van der Waals surface area contributed by atoms with Crippen molar-refractivity contribution in [3.63, 3.8) is 0 Å². The SMILES string of the molecule is O=C(O)c1cscc1-c1cscn1. The third-order valence-corrected chi connectivity index (χ3v) is 2.93. The second-order valence-electron chi connectivity index (χ2n) is 2.38. The molecule has 0 radical (unpaired) electrons. The first-order valence-corrected chi connectivity index (χ1v) is 5.35. The second kappa shape index (κ2) is 3.27. The smallest absolute Gasteiger partial charge is 0.337 e. The van der Waals surface area contributed by atoms with E-state index in [1.165, 1.54) is 22.7 Å². The van der Waals surface area contributed by atoms with Crippen LogP contribution in [0.3, 0.4) is 0 Å². The number of hydrogen-bond acceptors (Lipinski definition) is 4. The number of aromatic carboxylic acids is 1. The molecule has 0 bridgehead atoms. The molecule has 0 aliphatic heterocycles. The fourth-order valence-corrected chi connectivity index (χ4v) is 2.37. The first-order valence-electron chi connectivity index (χ1n) is 3.47. The summed E-state index contributed by atoms with van der Waals surface area (Å²) >= 11 is 2.84. The lowest BCUT2D eigenvalue weighted by Gasteiger charge is -1.93. The zero-order valence-electron chi connectivity index (χ0n) is 6.43. The molecule has 13 heavy (non-hydrogen) atoms. The van der Waals surface area contributed by atoms with E-state index >= 15 is 0 Å². The van der Waals surface area contributed by atoms with Crippen LogP contribution in [0.1, 0.15) is 10.4 Å². The number of thiazole rings is 1. The number of thiophene rings is 1. The lowest BCUT2D eigenvalue weighted by molar-refractivity contribution is 0.0698. The zero-order chi connectivity index (χ0) is 9.26. The highest BCUT2D eigenvalue weighted by Gasteiger charge is 2.13. The van der Waals surface area contributed by atoms with E-state index in [9.17, 15) is 4.79 Å². The van der Waals surface area contributed by atoms with Gasteiger partial charge < -0.3 is 5.11 Å². The van der Waals surface area contributed by atoms with Gasteiger partial charge in [-0.1, -0.05) is 0 Å². The molecule has 0 aliphatic carbocycles. The Bertz CT molecular complexity index is 419. The van der Waals surface area contributed by atoms with Gasteiger partial charge in [-0.3, -0.25) is 0 Å². The van der Waals surface area contributed by atoms with Gasteiger partial charge in [-0.25, -0.2) is 9.78 Å². The minimum absolute atomic E-state index is 0.330. The predicted molar refractivity (Wildman–Crippen MR) is 52.4 cm³/mol. The summed E-state index contributed by atoms with van der Waals surface area (Å²) in [4.78, 5) is 14.8. The fraction of sp³-hybridized carbons (Fsp3) is 0. The minimum Gasteiger partial charge on any atom is -0.478 e. The number of carbonyl (C=O) groups is 1. The Morgan fingerprint density at radius 3 is 2.77 bits per heavy atom. The summed E-state index contributed by atoms with van der Waals surface area (Å²) in [5, 5.41) is 14.1. The van der Waals surface area contributed by atoms with Gasteiger partial charge in [0.2, 0.25) is 0 Å². The summed E-state index contributed by atoms with van der Waals surface area (Å²) in [6, 6.07) is 0. The Morgan fingerprint density at radius 2 is 2.15 bits per heavy atom. The molecule has 0 fully saturated rings. The molecule has 5 heteroatoms. The van der Waals surface area contributed by atoms with E-state index in [-0.39, 0.29) is 0 Å². The van der Waals surface area contributed by atoms with Crippen LogP contribution in [0, 0.1) is 0 Å². The third-order valence-electron chi connectivity index (χ3n) is 1.60. The van der Waals surface area contributed by atoms with E-state index in [4.69, 9.17) is 5.11 Å². The number of rotatable bonds is 2. The Morgan fingerprint density at radius 1 is 1.31 bits per heavy atom. The summed E-state index contributed by atoms with van der Waals surface area (Å²) in [5.74, 6) is -0.899. The van der Waals surface area contributed by atoms with Gasteiger partial charge in [-0.2, -0.15) is 11.3 Å². The topological polar surface area (TPSA) is 50.2 Å². The van der Waals surface area contributed by atoms with Crippen LogP contribution in [0.5, 0.6) is 0 Å². The molecule has 0 atom stereocenters. The number of hydrogen-bond donors (Lipinski definition) is 1. The Hall–Kier alpha value is -1.20. The Labute approximate surface area is 82.3 Å². The van der Waals surface area contributed by atoms with Gasteiger partial charge in [0, 0.05) is 21.7 Å². The number of carboxylic acids is 1. The molecular formula is C8H5NO2S2. The van der Waals surface area contributed by atoms with Crippen molar-refractivity contribution in [3.05, 3.63) is 27.2 Å². The molecule has 2 rings (SSSR count). The van der Waals surface area contributed by atoms with Crippen LogP contribution in [-0.4, -0.2) is 16.1 Å². The van der Waals surface area contributed by atoms with Crippen LogP contribution in [0.4, 0.5) is 0 Å². The molecule has 3 nitrogen and oxygen atoms in total. The summed E-state index contributed by atoms with van der Waals surface area (Å²) in [5.41, 5.74) is 3.47. The van der Waals surface area contributed by atoms with Gasteiger partial charge in [0.05, 0.1) is 16.8 Å². The van der Waals surface area contributed by atoms with Crippen LogP contribution in [0.15, 0.2) is 21.7 Å². The molecule has 0 aliphatic rings. The lowest BCUT2D eigenvalue weighted by atomic mass is 10.1. The highest BCUT2D eigenvalue weighted by Crippen LogP contribution is 2.26. The van der Waals surface area contributed by atoms with Crippen LogP contribution in [-0.2, 0) is 0 Å². The average Bonchev–Trinajstić information content (AvgIpc) is 2.74. The van der Waals surface area contributed by atoms with Crippen LogP contribution < -0.4 is 0 Å². The van der Waals surface area contributed by atoms with E-state index in [1.807, 2.05) is 5.38 Å². The number of nitrogens with zero attached hydrogens (tertiary/aromatic N) is 1. The maximum atomic E-state index is 10.8. The van der Waals surface area contributed by atoms with Gasteiger partial charge >= 0.3 is 5.97 Å². The maximum absolute atomic E-state index is 10.8. The lowest BCUT2D eigenvalue weighted by Crippen LogP contribution is -1.95. The van der Waals surface area contributed by atoms with Crippen molar-refractivity contribution in [2.24, 2.45) is 0 Å². The molecule has 0 saturated heterocycles. The monoisotopic (exact) mass is 211 g/mol. The first kappa shape index (κ1) is 8.40. The number of aromatic nitrogens is 1. The first-order chi connectivity index (χ1) is 6.29.